The molecule has 0 spiro atoms. The van der Waals surface area contributed by atoms with E-state index in [1.165, 1.54) is 0 Å². The maximum absolute atomic E-state index is 12.3. The van der Waals surface area contributed by atoms with E-state index in [0.29, 0.717) is 17.0 Å². The summed E-state index contributed by atoms with van der Waals surface area (Å²) in [5.41, 5.74) is 1.57. The summed E-state index contributed by atoms with van der Waals surface area (Å²) < 4.78 is 0. The SMILES string of the molecule is CCCC(=O)N[C@H](c1ccc(Cl)cc1)c1c(O)ccc2ccccc12. The van der Waals surface area contributed by atoms with E-state index in [2.05, 4.69) is 5.32 Å². The molecule has 3 nitrogen and oxygen atoms in total. The molecule has 0 bridgehead atoms. The highest BCUT2D eigenvalue weighted by Gasteiger charge is 2.22. The minimum Gasteiger partial charge on any atom is -0.508 e. The van der Waals surface area contributed by atoms with Gasteiger partial charge in [-0.25, -0.2) is 0 Å². The number of rotatable bonds is 5. The number of carbonyl (C=O) groups excluding carboxylic acids is 1. The van der Waals surface area contributed by atoms with Crippen LogP contribution in [0.15, 0.2) is 60.7 Å². The Kier molecular flexibility index (Phi) is 5.25. The second kappa shape index (κ2) is 7.58. The van der Waals surface area contributed by atoms with Gasteiger partial charge in [-0.15, -0.1) is 0 Å². The number of carbonyl (C=O) groups is 1. The van der Waals surface area contributed by atoms with Gasteiger partial charge < -0.3 is 10.4 Å². The molecule has 25 heavy (non-hydrogen) atoms. The number of halogens is 1. The van der Waals surface area contributed by atoms with Gasteiger partial charge in [0.2, 0.25) is 5.91 Å². The third kappa shape index (κ3) is 3.77. The van der Waals surface area contributed by atoms with Crippen molar-refractivity contribution in [2.24, 2.45) is 0 Å². The van der Waals surface area contributed by atoms with Crippen molar-refractivity contribution >= 4 is 28.3 Å². The van der Waals surface area contributed by atoms with Crippen LogP contribution in [0.2, 0.25) is 5.02 Å². The van der Waals surface area contributed by atoms with Crippen molar-refractivity contribution in [3.05, 3.63) is 76.8 Å². The lowest BCUT2D eigenvalue weighted by Crippen LogP contribution is -2.29. The van der Waals surface area contributed by atoms with Crippen LogP contribution >= 0.6 is 11.6 Å². The number of hydrogen-bond donors (Lipinski definition) is 2. The lowest BCUT2D eigenvalue weighted by molar-refractivity contribution is -0.121. The second-order valence-corrected chi connectivity index (χ2v) is 6.46. The van der Waals surface area contributed by atoms with Crippen molar-refractivity contribution in [3.8, 4) is 5.75 Å². The molecule has 3 aromatic rings. The Hall–Kier alpha value is -2.52. The van der Waals surface area contributed by atoms with Crippen molar-refractivity contribution < 1.29 is 9.90 Å². The molecule has 4 heteroatoms. The molecule has 0 aliphatic rings. The van der Waals surface area contributed by atoms with Gasteiger partial charge in [0.25, 0.3) is 0 Å². The summed E-state index contributed by atoms with van der Waals surface area (Å²) in [4.78, 5) is 12.3. The van der Waals surface area contributed by atoms with Crippen LogP contribution in [-0.2, 0) is 4.79 Å². The first-order valence-corrected chi connectivity index (χ1v) is 8.73. The molecule has 1 atom stereocenters. The fraction of sp³-hybridized carbons (Fsp3) is 0.190. The Morgan fingerprint density at radius 3 is 2.52 bits per heavy atom. The standard InChI is InChI=1S/C21H20ClNO2/c1-2-5-19(25)23-21(15-8-11-16(22)12-9-15)20-17-7-4-3-6-14(17)10-13-18(20)24/h3-4,6-13,21,24H,2,5H2,1H3,(H,23,25)/t21-/m1/s1. The van der Waals surface area contributed by atoms with Crippen LogP contribution in [0, 0.1) is 0 Å². The number of nitrogens with one attached hydrogen (secondary N) is 1. The van der Waals surface area contributed by atoms with Gasteiger partial charge in [0.05, 0.1) is 6.04 Å². The van der Waals surface area contributed by atoms with Crippen molar-refractivity contribution in [2.45, 2.75) is 25.8 Å². The summed E-state index contributed by atoms with van der Waals surface area (Å²) in [5, 5.41) is 16.2. The van der Waals surface area contributed by atoms with Gasteiger partial charge >= 0.3 is 0 Å². The Morgan fingerprint density at radius 2 is 1.80 bits per heavy atom. The van der Waals surface area contributed by atoms with Gasteiger partial charge in [-0.2, -0.15) is 0 Å². The third-order valence-electron chi connectivity index (χ3n) is 4.22. The van der Waals surface area contributed by atoms with E-state index >= 15 is 0 Å². The maximum Gasteiger partial charge on any atom is 0.220 e. The van der Waals surface area contributed by atoms with E-state index in [1.807, 2.05) is 49.4 Å². The number of fused-ring (bicyclic) bond motifs is 1. The number of phenols is 1. The smallest absolute Gasteiger partial charge is 0.220 e. The summed E-state index contributed by atoms with van der Waals surface area (Å²) in [5.74, 6) is 0.116. The van der Waals surface area contributed by atoms with Crippen LogP contribution in [0.5, 0.6) is 5.75 Å². The van der Waals surface area contributed by atoms with Crippen molar-refractivity contribution in [1.29, 1.82) is 0 Å². The van der Waals surface area contributed by atoms with E-state index in [-0.39, 0.29) is 11.7 Å². The Morgan fingerprint density at radius 1 is 1.08 bits per heavy atom. The van der Waals surface area contributed by atoms with Crippen LogP contribution in [0.25, 0.3) is 10.8 Å². The number of benzene rings is 3. The first kappa shape index (κ1) is 17.3. The van der Waals surface area contributed by atoms with Crippen molar-refractivity contribution in [2.75, 3.05) is 0 Å². The molecule has 3 rings (SSSR count). The largest absolute Gasteiger partial charge is 0.508 e. The van der Waals surface area contributed by atoms with E-state index in [9.17, 15) is 9.90 Å². The van der Waals surface area contributed by atoms with Gasteiger partial charge in [-0.1, -0.05) is 61.0 Å². The van der Waals surface area contributed by atoms with Crippen LogP contribution in [0.3, 0.4) is 0 Å². The lowest BCUT2D eigenvalue weighted by atomic mass is 9.92. The number of aromatic hydroxyl groups is 1. The average molecular weight is 354 g/mol. The fourth-order valence-corrected chi connectivity index (χ4v) is 3.15. The molecule has 0 fully saturated rings. The zero-order valence-corrected chi connectivity index (χ0v) is 14.8. The van der Waals surface area contributed by atoms with Gasteiger partial charge in [0.15, 0.2) is 0 Å². The summed E-state index contributed by atoms with van der Waals surface area (Å²) >= 11 is 6.01. The Balaban J connectivity index is 2.15. The highest BCUT2D eigenvalue weighted by Crippen LogP contribution is 2.36. The molecule has 0 saturated heterocycles. The van der Waals surface area contributed by atoms with Gasteiger partial charge in [0, 0.05) is 17.0 Å². The molecule has 0 radical (unpaired) electrons. The molecule has 0 aliphatic carbocycles. The zero-order valence-electron chi connectivity index (χ0n) is 14.0. The molecule has 0 aliphatic heterocycles. The molecule has 1 amide bonds. The van der Waals surface area contributed by atoms with E-state index in [1.54, 1.807) is 18.2 Å². The van der Waals surface area contributed by atoms with E-state index in [0.717, 1.165) is 22.8 Å². The normalized spacial score (nSPS) is 12.1. The van der Waals surface area contributed by atoms with E-state index in [4.69, 9.17) is 11.6 Å². The predicted octanol–water partition coefficient (Wildman–Crippen LogP) is 5.20. The molecule has 0 heterocycles. The number of amides is 1. The van der Waals surface area contributed by atoms with Crippen molar-refractivity contribution in [1.82, 2.24) is 5.32 Å². The first-order valence-electron chi connectivity index (χ1n) is 8.35. The predicted molar refractivity (Wildman–Crippen MR) is 102 cm³/mol. The molecule has 3 aromatic carbocycles. The second-order valence-electron chi connectivity index (χ2n) is 6.02. The van der Waals surface area contributed by atoms with Gasteiger partial charge in [-0.05, 0) is 41.0 Å². The fourth-order valence-electron chi connectivity index (χ4n) is 3.03. The van der Waals surface area contributed by atoms with Crippen LogP contribution in [-0.4, -0.2) is 11.0 Å². The van der Waals surface area contributed by atoms with Crippen LogP contribution in [0.4, 0.5) is 0 Å². The highest BCUT2D eigenvalue weighted by atomic mass is 35.5. The Labute approximate surface area is 152 Å². The number of phenolic OH excluding ortho intramolecular Hbond substituents is 1. The Bertz CT molecular complexity index is 890. The summed E-state index contributed by atoms with van der Waals surface area (Å²) in [6, 6.07) is 18.3. The van der Waals surface area contributed by atoms with Crippen LogP contribution < -0.4 is 5.32 Å². The zero-order chi connectivity index (χ0) is 17.8. The molecular weight excluding hydrogens is 334 g/mol. The molecule has 128 valence electrons. The quantitative estimate of drug-likeness (QED) is 0.662. The molecular formula is C21H20ClNO2. The number of hydrogen-bond acceptors (Lipinski definition) is 2. The summed E-state index contributed by atoms with van der Waals surface area (Å²) in [7, 11) is 0. The topological polar surface area (TPSA) is 49.3 Å². The summed E-state index contributed by atoms with van der Waals surface area (Å²) in [6.07, 6.45) is 1.20. The maximum atomic E-state index is 12.3. The lowest BCUT2D eigenvalue weighted by Gasteiger charge is -2.22. The average Bonchev–Trinajstić information content (AvgIpc) is 2.61. The van der Waals surface area contributed by atoms with Gasteiger partial charge in [-0.3, -0.25) is 4.79 Å². The molecule has 0 unspecified atom stereocenters. The minimum atomic E-state index is -0.442. The molecule has 0 saturated carbocycles. The third-order valence-corrected chi connectivity index (χ3v) is 4.47. The monoisotopic (exact) mass is 353 g/mol. The van der Waals surface area contributed by atoms with E-state index < -0.39 is 6.04 Å². The van der Waals surface area contributed by atoms with Crippen LogP contribution in [0.1, 0.15) is 36.9 Å². The van der Waals surface area contributed by atoms with Crippen molar-refractivity contribution in [3.63, 3.8) is 0 Å². The minimum absolute atomic E-state index is 0.0465. The molecule has 0 aromatic heterocycles. The van der Waals surface area contributed by atoms with Gasteiger partial charge in [0.1, 0.15) is 5.75 Å². The summed E-state index contributed by atoms with van der Waals surface area (Å²) in [6.45, 7) is 1.96. The highest BCUT2D eigenvalue weighted by molar-refractivity contribution is 6.30. The first-order chi connectivity index (χ1) is 12.1. The molecule has 2 N–H and O–H groups in total.